The monoisotopic (exact) mass is 307 g/mol. The smallest absolute Gasteiger partial charge is 0.275 e. The predicted molar refractivity (Wildman–Crippen MR) is 76.3 cm³/mol. The highest BCUT2D eigenvalue weighted by molar-refractivity contribution is 5.92. The summed E-state index contributed by atoms with van der Waals surface area (Å²) in [6, 6.07) is 0.145. The number of ether oxygens (including phenoxy) is 2. The second kappa shape index (κ2) is 5.64. The molecule has 1 aromatic heterocycles. The molecule has 0 radical (unpaired) electrons. The molecule has 3 aliphatic heterocycles. The first-order valence-corrected chi connectivity index (χ1v) is 8.02. The molecule has 1 atom stereocenters. The van der Waals surface area contributed by atoms with E-state index >= 15 is 0 Å². The van der Waals surface area contributed by atoms with Gasteiger partial charge in [-0.1, -0.05) is 0 Å². The molecule has 0 bridgehead atoms. The van der Waals surface area contributed by atoms with E-state index in [4.69, 9.17) is 13.9 Å². The molecule has 1 unspecified atom stereocenters. The number of hydrogen-bond donors (Lipinski definition) is 1. The lowest BCUT2D eigenvalue weighted by molar-refractivity contribution is -0.181. The van der Waals surface area contributed by atoms with Crippen molar-refractivity contribution in [2.24, 2.45) is 0 Å². The van der Waals surface area contributed by atoms with Gasteiger partial charge in [0.2, 0.25) is 5.89 Å². The fraction of sp³-hybridized carbons (Fsp3) is 0.733. The lowest BCUT2D eigenvalue weighted by atomic mass is 10.0. The average molecular weight is 307 g/mol. The van der Waals surface area contributed by atoms with Crippen molar-refractivity contribution in [2.75, 3.05) is 32.8 Å². The van der Waals surface area contributed by atoms with Crippen molar-refractivity contribution in [3.05, 3.63) is 17.8 Å². The van der Waals surface area contributed by atoms with E-state index in [1.54, 1.807) is 4.90 Å². The largest absolute Gasteiger partial charge is 0.446 e. The van der Waals surface area contributed by atoms with Crippen molar-refractivity contribution in [3.8, 4) is 0 Å². The van der Waals surface area contributed by atoms with E-state index in [0.29, 0.717) is 50.7 Å². The zero-order chi connectivity index (χ0) is 15.0. The zero-order valence-electron chi connectivity index (χ0n) is 12.5. The number of piperidine rings is 1. The molecule has 0 aliphatic carbocycles. The summed E-state index contributed by atoms with van der Waals surface area (Å²) in [6.45, 7) is 3.53. The number of likely N-dealkylation sites (tertiary alicyclic amines) is 1. The van der Waals surface area contributed by atoms with Gasteiger partial charge in [-0.3, -0.25) is 4.79 Å². The average Bonchev–Trinajstić information content (AvgIpc) is 3.29. The minimum atomic E-state index is -0.459. The van der Waals surface area contributed by atoms with Crippen LogP contribution in [0.2, 0.25) is 0 Å². The Morgan fingerprint density at radius 1 is 1.32 bits per heavy atom. The lowest BCUT2D eigenvalue weighted by Gasteiger charge is -2.37. The molecule has 7 nitrogen and oxygen atoms in total. The van der Waals surface area contributed by atoms with E-state index in [2.05, 4.69) is 10.3 Å². The van der Waals surface area contributed by atoms with Crippen molar-refractivity contribution >= 4 is 5.91 Å². The first-order valence-electron chi connectivity index (χ1n) is 8.02. The van der Waals surface area contributed by atoms with Crippen LogP contribution in [0, 0.1) is 0 Å². The number of oxazole rings is 1. The van der Waals surface area contributed by atoms with Gasteiger partial charge in [-0.15, -0.1) is 0 Å². The Hall–Kier alpha value is -1.44. The first-order chi connectivity index (χ1) is 10.8. The third kappa shape index (κ3) is 2.53. The van der Waals surface area contributed by atoms with Crippen molar-refractivity contribution in [1.29, 1.82) is 0 Å². The molecule has 3 aliphatic rings. The van der Waals surface area contributed by atoms with Crippen LogP contribution in [0.25, 0.3) is 0 Å². The van der Waals surface area contributed by atoms with Gasteiger partial charge >= 0.3 is 0 Å². The second-order valence-electron chi connectivity index (χ2n) is 6.12. The van der Waals surface area contributed by atoms with E-state index in [-0.39, 0.29) is 11.9 Å². The summed E-state index contributed by atoms with van der Waals surface area (Å²) in [5.74, 6) is 0.0946. The molecular formula is C15H21N3O4. The summed E-state index contributed by atoms with van der Waals surface area (Å²) in [4.78, 5) is 18.7. The Kier molecular flexibility index (Phi) is 3.63. The molecule has 22 heavy (non-hydrogen) atoms. The quantitative estimate of drug-likeness (QED) is 0.881. The van der Waals surface area contributed by atoms with Gasteiger partial charge in [-0.05, 0) is 19.4 Å². The van der Waals surface area contributed by atoms with Crippen LogP contribution >= 0.6 is 0 Å². The van der Waals surface area contributed by atoms with Crippen molar-refractivity contribution in [1.82, 2.24) is 15.2 Å². The van der Waals surface area contributed by atoms with Crippen molar-refractivity contribution < 1.29 is 18.7 Å². The molecule has 7 heteroatoms. The predicted octanol–water partition coefficient (Wildman–Crippen LogP) is 1.08. The van der Waals surface area contributed by atoms with E-state index in [1.807, 2.05) is 0 Å². The number of nitrogens with zero attached hydrogens (tertiary/aromatic N) is 2. The Balaban J connectivity index is 1.39. The van der Waals surface area contributed by atoms with Crippen LogP contribution in [-0.4, -0.2) is 54.4 Å². The molecule has 1 amide bonds. The van der Waals surface area contributed by atoms with Gasteiger partial charge in [0.1, 0.15) is 6.26 Å². The number of rotatable bonds is 2. The highest BCUT2D eigenvalue weighted by atomic mass is 16.7. The third-order valence-corrected chi connectivity index (χ3v) is 4.73. The molecule has 0 saturated carbocycles. The van der Waals surface area contributed by atoms with Gasteiger partial charge in [-0.2, -0.15) is 0 Å². The van der Waals surface area contributed by atoms with Crippen LogP contribution in [-0.2, 0) is 9.47 Å². The number of carbonyl (C=O) groups excluding carboxylic acids is 1. The molecule has 1 spiro atoms. The maximum absolute atomic E-state index is 12.5. The van der Waals surface area contributed by atoms with Crippen LogP contribution in [0.5, 0.6) is 0 Å². The first kappa shape index (κ1) is 14.2. The summed E-state index contributed by atoms with van der Waals surface area (Å²) < 4.78 is 16.9. The summed E-state index contributed by atoms with van der Waals surface area (Å²) >= 11 is 0. The molecule has 4 heterocycles. The molecule has 1 aromatic rings. The lowest BCUT2D eigenvalue weighted by Crippen LogP contribution is -2.47. The Morgan fingerprint density at radius 3 is 2.77 bits per heavy atom. The minimum Gasteiger partial charge on any atom is -0.446 e. The Morgan fingerprint density at radius 2 is 2.09 bits per heavy atom. The van der Waals surface area contributed by atoms with Crippen molar-refractivity contribution in [2.45, 2.75) is 37.5 Å². The van der Waals surface area contributed by atoms with Crippen LogP contribution in [0.4, 0.5) is 0 Å². The normalized spacial score (nSPS) is 27.6. The number of carbonyl (C=O) groups is 1. The fourth-order valence-corrected chi connectivity index (χ4v) is 3.44. The maximum atomic E-state index is 12.5. The van der Waals surface area contributed by atoms with Gasteiger partial charge in [0.05, 0.1) is 19.3 Å². The number of hydrogen-bond acceptors (Lipinski definition) is 6. The molecular weight excluding hydrogens is 286 g/mol. The maximum Gasteiger partial charge on any atom is 0.275 e. The summed E-state index contributed by atoms with van der Waals surface area (Å²) in [7, 11) is 0. The van der Waals surface area contributed by atoms with Gasteiger partial charge in [0.25, 0.3) is 5.91 Å². The molecule has 3 fully saturated rings. The van der Waals surface area contributed by atoms with Gasteiger partial charge in [-0.25, -0.2) is 4.98 Å². The van der Waals surface area contributed by atoms with Gasteiger partial charge < -0.3 is 24.1 Å². The molecule has 1 N–H and O–H groups in total. The number of nitrogens with one attached hydrogen (secondary N) is 1. The molecule has 0 aromatic carbocycles. The summed E-state index contributed by atoms with van der Waals surface area (Å²) in [5.41, 5.74) is 0.396. The molecule has 4 rings (SSSR count). The topological polar surface area (TPSA) is 76.8 Å². The van der Waals surface area contributed by atoms with Gasteiger partial charge in [0, 0.05) is 25.9 Å². The number of amides is 1. The van der Waals surface area contributed by atoms with E-state index in [9.17, 15) is 4.79 Å². The Bertz CT molecular complexity index is 537. The third-order valence-electron chi connectivity index (χ3n) is 4.73. The SMILES string of the molecule is O=C(c1coc(C2CCCN2)n1)N1CCC2(CC1)OCCO2. The zero-order valence-corrected chi connectivity index (χ0v) is 12.5. The standard InChI is InChI=1S/C15H21N3O4/c19-14(12-10-20-13(17-12)11-2-1-5-16-11)18-6-3-15(4-7-18)21-8-9-22-15/h10-11,16H,1-9H2. The summed E-state index contributed by atoms with van der Waals surface area (Å²) in [6.07, 6.45) is 5.03. The van der Waals surface area contributed by atoms with Gasteiger partial charge in [0.15, 0.2) is 11.5 Å². The minimum absolute atomic E-state index is 0.0687. The summed E-state index contributed by atoms with van der Waals surface area (Å²) in [5, 5.41) is 3.32. The van der Waals surface area contributed by atoms with Crippen LogP contribution in [0.3, 0.4) is 0 Å². The number of aromatic nitrogens is 1. The highest BCUT2D eigenvalue weighted by Gasteiger charge is 2.41. The van der Waals surface area contributed by atoms with Crippen molar-refractivity contribution in [3.63, 3.8) is 0 Å². The van der Waals surface area contributed by atoms with Crippen LogP contribution in [0.1, 0.15) is 48.1 Å². The molecule has 3 saturated heterocycles. The fourth-order valence-electron chi connectivity index (χ4n) is 3.44. The van der Waals surface area contributed by atoms with Crippen LogP contribution in [0.15, 0.2) is 10.7 Å². The Labute approximate surface area is 129 Å². The van der Waals surface area contributed by atoms with E-state index in [1.165, 1.54) is 6.26 Å². The van der Waals surface area contributed by atoms with E-state index < -0.39 is 5.79 Å². The molecule has 120 valence electrons. The van der Waals surface area contributed by atoms with Crippen LogP contribution < -0.4 is 5.32 Å². The van der Waals surface area contributed by atoms with E-state index in [0.717, 1.165) is 19.4 Å². The highest BCUT2D eigenvalue weighted by Crippen LogP contribution is 2.32. The second-order valence-corrected chi connectivity index (χ2v) is 6.12.